The molecule has 33 heavy (non-hydrogen) atoms. The summed E-state index contributed by atoms with van der Waals surface area (Å²) in [6, 6.07) is 11.3. The van der Waals surface area contributed by atoms with Crippen molar-refractivity contribution in [2.45, 2.75) is 36.0 Å². The van der Waals surface area contributed by atoms with Gasteiger partial charge in [-0.05, 0) is 71.5 Å². The molecule has 3 aromatic carbocycles. The van der Waals surface area contributed by atoms with Crippen molar-refractivity contribution in [3.63, 3.8) is 0 Å². The molecule has 0 fully saturated rings. The third-order valence-electron chi connectivity index (χ3n) is 4.73. The first-order valence-corrected chi connectivity index (χ1v) is 12.0. The molecule has 0 radical (unpaired) electrons. The second-order valence-corrected chi connectivity index (χ2v) is 9.07. The number of hydrogen-bond acceptors (Lipinski definition) is 3. The number of unbranched alkanes of at least 4 members (excludes halogenated alkanes) is 2. The van der Waals surface area contributed by atoms with Crippen LogP contribution in [0.4, 0.5) is 17.6 Å². The summed E-state index contributed by atoms with van der Waals surface area (Å²) >= 11 is 1.84. The first-order valence-electron chi connectivity index (χ1n) is 10.2. The number of nitrogens with zero attached hydrogens (tertiary/aromatic N) is 1. The van der Waals surface area contributed by atoms with Gasteiger partial charge in [-0.2, -0.15) is 5.26 Å². The quantitative estimate of drug-likeness (QED) is 0.111. The third kappa shape index (κ3) is 6.57. The largest absolute Gasteiger partial charge is 0.206 e. The lowest BCUT2D eigenvalue weighted by Crippen LogP contribution is -1.92. The molecule has 168 valence electrons. The highest BCUT2D eigenvalue weighted by atomic mass is 32.2. The highest BCUT2D eigenvalue weighted by Crippen LogP contribution is 2.30. The summed E-state index contributed by atoms with van der Waals surface area (Å²) in [5, 5.41) is 10.3. The van der Waals surface area contributed by atoms with Gasteiger partial charge < -0.3 is 0 Å². The van der Waals surface area contributed by atoms with E-state index in [0.717, 1.165) is 37.1 Å². The van der Waals surface area contributed by atoms with Gasteiger partial charge in [0.15, 0.2) is 0 Å². The van der Waals surface area contributed by atoms with Gasteiger partial charge in [-0.25, -0.2) is 17.6 Å². The Morgan fingerprint density at radius 3 is 2.00 bits per heavy atom. The maximum atomic E-state index is 14.4. The van der Waals surface area contributed by atoms with Gasteiger partial charge in [0, 0.05) is 10.5 Å². The molecule has 1 nitrogen and oxygen atoms in total. The fraction of sp³-hybridized carbons (Fsp3) is 0.192. The van der Waals surface area contributed by atoms with E-state index in [1.54, 1.807) is 29.7 Å². The highest BCUT2D eigenvalue weighted by Gasteiger charge is 2.13. The van der Waals surface area contributed by atoms with E-state index in [1.165, 1.54) is 23.9 Å². The molecule has 0 heterocycles. The van der Waals surface area contributed by atoms with Crippen molar-refractivity contribution in [2.24, 2.45) is 0 Å². The fourth-order valence-electron chi connectivity index (χ4n) is 3.05. The van der Waals surface area contributed by atoms with Crippen molar-refractivity contribution in [2.75, 3.05) is 5.75 Å². The van der Waals surface area contributed by atoms with E-state index in [2.05, 4.69) is 18.8 Å². The average Bonchev–Trinajstić information content (AvgIpc) is 2.79. The molecule has 0 bridgehead atoms. The van der Waals surface area contributed by atoms with Gasteiger partial charge in [0.05, 0.1) is 10.5 Å². The molecular weight excluding hydrogens is 466 g/mol. The number of rotatable bonds is 7. The Labute approximate surface area is 199 Å². The topological polar surface area (TPSA) is 23.8 Å². The van der Waals surface area contributed by atoms with Gasteiger partial charge in [-0.1, -0.05) is 43.7 Å². The summed E-state index contributed by atoms with van der Waals surface area (Å²) < 4.78 is 56.9. The number of hydrogen-bond donors (Lipinski definition) is 0. The zero-order valence-corrected chi connectivity index (χ0v) is 19.4. The summed E-state index contributed by atoms with van der Waals surface area (Å²) in [6.45, 7) is 2.10. The highest BCUT2D eigenvalue weighted by molar-refractivity contribution is 8.03. The van der Waals surface area contributed by atoms with E-state index < -0.39 is 23.3 Å². The van der Waals surface area contributed by atoms with Crippen LogP contribution in [0.3, 0.4) is 0 Å². The Morgan fingerprint density at radius 1 is 0.788 bits per heavy atom. The van der Waals surface area contributed by atoms with Crippen LogP contribution in [0.5, 0.6) is 0 Å². The Bertz CT molecular complexity index is 1190. The lowest BCUT2D eigenvalue weighted by molar-refractivity contribution is 0.542. The van der Waals surface area contributed by atoms with Crippen molar-refractivity contribution in [1.29, 1.82) is 5.26 Å². The van der Waals surface area contributed by atoms with E-state index in [1.807, 2.05) is 0 Å². The molecule has 3 aromatic rings. The molecule has 0 saturated carbocycles. The van der Waals surface area contributed by atoms with Gasteiger partial charge in [0.25, 0.3) is 0 Å². The van der Waals surface area contributed by atoms with Gasteiger partial charge in [0.2, 0.25) is 0 Å². The van der Waals surface area contributed by atoms with Crippen molar-refractivity contribution in [3.05, 3.63) is 82.9 Å². The van der Waals surface area contributed by atoms with Crippen LogP contribution in [0.25, 0.3) is 11.1 Å². The lowest BCUT2D eigenvalue weighted by atomic mass is 10.0. The minimum absolute atomic E-state index is 0.299. The molecule has 0 spiro atoms. The number of benzene rings is 3. The van der Waals surface area contributed by atoms with Gasteiger partial charge >= 0.3 is 0 Å². The summed E-state index contributed by atoms with van der Waals surface area (Å²) in [6.07, 6.45) is 3.15. The van der Waals surface area contributed by atoms with Crippen LogP contribution in [-0.2, 0) is 0 Å². The molecule has 0 atom stereocenters. The molecule has 0 aromatic heterocycles. The fourth-order valence-corrected chi connectivity index (χ4v) is 4.41. The van der Waals surface area contributed by atoms with Crippen molar-refractivity contribution >= 4 is 23.5 Å². The van der Waals surface area contributed by atoms with E-state index in [4.69, 9.17) is 5.26 Å². The normalized spacial score (nSPS) is 10.4. The number of nitriles is 1. The summed E-state index contributed by atoms with van der Waals surface area (Å²) in [7, 11) is 0. The molecule has 0 amide bonds. The molecular formula is C26H19F4NS2. The third-order valence-corrected chi connectivity index (χ3v) is 6.48. The van der Waals surface area contributed by atoms with Crippen LogP contribution in [0.15, 0.2) is 58.3 Å². The predicted octanol–water partition coefficient (Wildman–Crippen LogP) is 8.17. The Kier molecular flexibility index (Phi) is 8.88. The van der Waals surface area contributed by atoms with Crippen molar-refractivity contribution in [3.8, 4) is 28.4 Å². The molecule has 0 saturated heterocycles. The maximum Gasteiger partial charge on any atom is 0.142 e. The molecule has 0 unspecified atom stereocenters. The minimum Gasteiger partial charge on any atom is -0.206 e. The van der Waals surface area contributed by atoms with Crippen LogP contribution in [0.1, 0.15) is 37.3 Å². The van der Waals surface area contributed by atoms with E-state index >= 15 is 0 Å². The molecule has 0 aliphatic rings. The summed E-state index contributed by atoms with van der Waals surface area (Å²) in [5.41, 5.74) is 1.03. The number of thiocyanates is 1. The molecule has 7 heteroatoms. The molecule has 3 rings (SSSR count). The van der Waals surface area contributed by atoms with Crippen molar-refractivity contribution < 1.29 is 17.6 Å². The number of thioether (sulfide) groups is 2. The first-order chi connectivity index (χ1) is 15.9. The lowest BCUT2D eigenvalue weighted by Gasteiger charge is -2.06. The van der Waals surface area contributed by atoms with Crippen molar-refractivity contribution in [1.82, 2.24) is 0 Å². The first kappa shape index (κ1) is 24.8. The average molecular weight is 486 g/mol. The zero-order chi connectivity index (χ0) is 23.8. The summed E-state index contributed by atoms with van der Waals surface area (Å²) in [5.74, 6) is 3.00. The standard InChI is InChI=1S/C26H19F4NS2/c1-2-3-4-11-32-20-14-22(27)21(23(28)15-20)10-7-17-5-8-18(9-6-17)19-12-24(29)26(33-16-31)25(30)13-19/h5-6,8-9,12-15H,2-4,11H2,1H3. The van der Waals surface area contributed by atoms with Crippen LogP contribution in [-0.4, -0.2) is 5.75 Å². The Balaban J connectivity index is 1.76. The second-order valence-electron chi connectivity index (χ2n) is 7.11. The predicted molar refractivity (Wildman–Crippen MR) is 126 cm³/mol. The Hall–Kier alpha value is -2.87. The molecule has 0 N–H and O–H groups in total. The van der Waals surface area contributed by atoms with Gasteiger partial charge in [-0.3, -0.25) is 0 Å². The zero-order valence-electron chi connectivity index (χ0n) is 17.7. The van der Waals surface area contributed by atoms with E-state index in [-0.39, 0.29) is 10.5 Å². The number of halogens is 4. The van der Waals surface area contributed by atoms with Gasteiger partial charge in [-0.15, -0.1) is 11.8 Å². The second kappa shape index (κ2) is 11.8. The van der Waals surface area contributed by atoms with Crippen LogP contribution < -0.4 is 0 Å². The maximum absolute atomic E-state index is 14.4. The summed E-state index contributed by atoms with van der Waals surface area (Å²) in [4.78, 5) is 0.188. The van der Waals surface area contributed by atoms with Crippen LogP contribution in [0.2, 0.25) is 0 Å². The Morgan fingerprint density at radius 2 is 1.42 bits per heavy atom. The van der Waals surface area contributed by atoms with Crippen LogP contribution >= 0.6 is 23.5 Å². The molecule has 0 aliphatic heterocycles. The van der Waals surface area contributed by atoms with E-state index in [9.17, 15) is 17.6 Å². The minimum atomic E-state index is -0.821. The molecule has 0 aliphatic carbocycles. The van der Waals surface area contributed by atoms with E-state index in [0.29, 0.717) is 33.3 Å². The smallest absolute Gasteiger partial charge is 0.142 e. The SMILES string of the molecule is CCCCCSc1cc(F)c(C#Cc2ccc(-c3cc(F)c(SC#N)c(F)c3)cc2)c(F)c1. The monoisotopic (exact) mass is 485 g/mol. The van der Waals surface area contributed by atoms with Crippen LogP contribution in [0, 0.1) is 45.8 Å². The van der Waals surface area contributed by atoms with Gasteiger partial charge in [0.1, 0.15) is 28.7 Å².